The molecule has 0 aliphatic carbocycles. The normalized spacial score (nSPS) is 10.3. The molecule has 0 atom stereocenters. The molecule has 0 amide bonds. The molecule has 0 radical (unpaired) electrons. The van der Waals surface area contributed by atoms with Gasteiger partial charge in [-0.2, -0.15) is 5.10 Å². The summed E-state index contributed by atoms with van der Waals surface area (Å²) < 4.78 is 4.59. The van der Waals surface area contributed by atoms with Crippen LogP contribution in [0.25, 0.3) is 0 Å². The highest BCUT2D eigenvalue weighted by atomic mass is 16.5. The van der Waals surface area contributed by atoms with Crippen LogP contribution in [0.15, 0.2) is 29.4 Å². The number of hydrazone groups is 1. The number of nitrogens with zero attached hydrogens (tertiary/aromatic N) is 2. The van der Waals surface area contributed by atoms with E-state index in [1.54, 1.807) is 23.4 Å². The smallest absolute Gasteiger partial charge is 0.337 e. The predicted octanol–water partition coefficient (Wildman–Crippen LogP) is 1.37. The lowest BCUT2D eigenvalue weighted by Crippen LogP contribution is -2.03. The first-order chi connectivity index (χ1) is 7.13. The van der Waals surface area contributed by atoms with Gasteiger partial charge in [0.05, 0.1) is 18.9 Å². The van der Waals surface area contributed by atoms with Crippen LogP contribution < -0.4 is 0 Å². The second-order valence-electron chi connectivity index (χ2n) is 3.21. The lowest BCUT2D eigenvalue weighted by Gasteiger charge is -2.02. The van der Waals surface area contributed by atoms with Crippen LogP contribution in [0.5, 0.6) is 0 Å². The standard InChI is InChI=1S/C11H14N2O2/c1-13(2)12-8-9-4-6-10(7-5-9)11(14)15-3/h4-8H,1-3H3/b12-8-. The van der Waals surface area contributed by atoms with Crippen molar-refractivity contribution in [2.24, 2.45) is 5.10 Å². The Balaban J connectivity index is 2.77. The third kappa shape index (κ3) is 3.42. The molecule has 4 nitrogen and oxygen atoms in total. The minimum atomic E-state index is -0.328. The van der Waals surface area contributed by atoms with Crippen LogP contribution >= 0.6 is 0 Å². The van der Waals surface area contributed by atoms with Crippen molar-refractivity contribution in [2.45, 2.75) is 0 Å². The first-order valence-electron chi connectivity index (χ1n) is 4.53. The Morgan fingerprint density at radius 3 is 2.40 bits per heavy atom. The number of esters is 1. The van der Waals surface area contributed by atoms with E-state index < -0.39 is 0 Å². The number of carbonyl (C=O) groups is 1. The Kier molecular flexibility index (Phi) is 3.85. The topological polar surface area (TPSA) is 41.9 Å². The van der Waals surface area contributed by atoms with E-state index in [0.29, 0.717) is 5.56 Å². The zero-order valence-corrected chi connectivity index (χ0v) is 9.10. The quantitative estimate of drug-likeness (QED) is 0.426. The molecule has 0 saturated carbocycles. The van der Waals surface area contributed by atoms with Gasteiger partial charge in [0.2, 0.25) is 0 Å². The number of methoxy groups -OCH3 is 1. The largest absolute Gasteiger partial charge is 0.465 e. The average Bonchev–Trinajstić information content (AvgIpc) is 2.26. The summed E-state index contributed by atoms with van der Waals surface area (Å²) in [6.07, 6.45) is 1.72. The van der Waals surface area contributed by atoms with Gasteiger partial charge in [0, 0.05) is 14.1 Å². The molecule has 80 valence electrons. The van der Waals surface area contributed by atoms with Crippen molar-refractivity contribution in [2.75, 3.05) is 21.2 Å². The number of hydrogen-bond acceptors (Lipinski definition) is 4. The number of ether oxygens (including phenoxy) is 1. The van der Waals surface area contributed by atoms with E-state index in [1.807, 2.05) is 26.2 Å². The van der Waals surface area contributed by atoms with Gasteiger partial charge in [-0.3, -0.25) is 0 Å². The van der Waals surface area contributed by atoms with E-state index >= 15 is 0 Å². The molecule has 0 fully saturated rings. The molecular weight excluding hydrogens is 192 g/mol. The Morgan fingerprint density at radius 1 is 1.33 bits per heavy atom. The molecule has 0 saturated heterocycles. The van der Waals surface area contributed by atoms with Crippen LogP contribution in [0.3, 0.4) is 0 Å². The third-order valence-corrected chi connectivity index (χ3v) is 1.77. The van der Waals surface area contributed by atoms with Gasteiger partial charge < -0.3 is 9.75 Å². The van der Waals surface area contributed by atoms with Crippen LogP contribution in [0, 0.1) is 0 Å². The summed E-state index contributed by atoms with van der Waals surface area (Å²) in [5.74, 6) is -0.328. The molecule has 0 bridgehead atoms. The fraction of sp³-hybridized carbons (Fsp3) is 0.273. The van der Waals surface area contributed by atoms with Crippen molar-refractivity contribution < 1.29 is 9.53 Å². The highest BCUT2D eigenvalue weighted by Crippen LogP contribution is 2.03. The Labute approximate surface area is 89.2 Å². The fourth-order valence-corrected chi connectivity index (χ4v) is 1.01. The second-order valence-corrected chi connectivity index (χ2v) is 3.21. The fourth-order valence-electron chi connectivity index (χ4n) is 1.01. The summed E-state index contributed by atoms with van der Waals surface area (Å²) in [4.78, 5) is 11.1. The lowest BCUT2D eigenvalue weighted by atomic mass is 10.1. The second kappa shape index (κ2) is 5.14. The molecule has 1 rings (SSSR count). The molecule has 0 N–H and O–H groups in total. The third-order valence-electron chi connectivity index (χ3n) is 1.77. The minimum Gasteiger partial charge on any atom is -0.465 e. The maximum atomic E-state index is 11.1. The van der Waals surface area contributed by atoms with Gasteiger partial charge in [-0.05, 0) is 17.7 Å². The summed E-state index contributed by atoms with van der Waals surface area (Å²) in [7, 11) is 5.06. The Bertz CT molecular complexity index is 355. The van der Waals surface area contributed by atoms with E-state index in [9.17, 15) is 4.79 Å². The zero-order valence-electron chi connectivity index (χ0n) is 9.10. The molecule has 0 heterocycles. The van der Waals surface area contributed by atoms with Crippen LogP contribution in [-0.4, -0.2) is 38.4 Å². The van der Waals surface area contributed by atoms with E-state index in [1.165, 1.54) is 7.11 Å². The number of carbonyl (C=O) groups excluding carboxylic acids is 1. The molecule has 1 aromatic carbocycles. The van der Waals surface area contributed by atoms with Crippen molar-refractivity contribution in [3.8, 4) is 0 Å². The van der Waals surface area contributed by atoms with Gasteiger partial charge in [-0.15, -0.1) is 0 Å². The summed E-state index contributed by atoms with van der Waals surface area (Å²) in [5.41, 5.74) is 1.48. The van der Waals surface area contributed by atoms with Crippen LogP contribution in [0.2, 0.25) is 0 Å². The van der Waals surface area contributed by atoms with Gasteiger partial charge >= 0.3 is 5.97 Å². The molecule has 15 heavy (non-hydrogen) atoms. The summed E-state index contributed by atoms with van der Waals surface area (Å²) in [6.45, 7) is 0. The van der Waals surface area contributed by atoms with E-state index in [2.05, 4.69) is 9.84 Å². The monoisotopic (exact) mass is 206 g/mol. The average molecular weight is 206 g/mol. The van der Waals surface area contributed by atoms with E-state index in [0.717, 1.165) is 5.56 Å². The molecule has 0 aliphatic heterocycles. The van der Waals surface area contributed by atoms with Gasteiger partial charge in [-0.25, -0.2) is 4.79 Å². The summed E-state index contributed by atoms with van der Waals surface area (Å²) in [5, 5.41) is 5.78. The Hall–Kier alpha value is -1.84. The summed E-state index contributed by atoms with van der Waals surface area (Å²) >= 11 is 0. The molecular formula is C11H14N2O2. The molecule has 0 spiro atoms. The molecule has 0 unspecified atom stereocenters. The SMILES string of the molecule is COC(=O)c1ccc(/C=N\N(C)C)cc1. The number of hydrogen-bond donors (Lipinski definition) is 0. The van der Waals surface area contributed by atoms with E-state index in [4.69, 9.17) is 0 Å². The molecule has 0 aliphatic rings. The zero-order chi connectivity index (χ0) is 11.3. The van der Waals surface area contributed by atoms with Gasteiger partial charge in [0.25, 0.3) is 0 Å². The first kappa shape index (κ1) is 11.2. The maximum absolute atomic E-state index is 11.1. The van der Waals surface area contributed by atoms with Crippen molar-refractivity contribution in [1.82, 2.24) is 5.01 Å². The maximum Gasteiger partial charge on any atom is 0.337 e. The van der Waals surface area contributed by atoms with Crippen molar-refractivity contribution in [3.05, 3.63) is 35.4 Å². The number of benzene rings is 1. The Morgan fingerprint density at radius 2 is 1.93 bits per heavy atom. The highest BCUT2D eigenvalue weighted by Gasteiger charge is 2.02. The van der Waals surface area contributed by atoms with E-state index in [-0.39, 0.29) is 5.97 Å². The van der Waals surface area contributed by atoms with Crippen molar-refractivity contribution in [3.63, 3.8) is 0 Å². The van der Waals surface area contributed by atoms with Gasteiger partial charge in [0.1, 0.15) is 0 Å². The van der Waals surface area contributed by atoms with Crippen LogP contribution in [0.1, 0.15) is 15.9 Å². The molecule has 1 aromatic rings. The van der Waals surface area contributed by atoms with Gasteiger partial charge in [-0.1, -0.05) is 12.1 Å². The predicted molar refractivity (Wildman–Crippen MR) is 59.1 cm³/mol. The molecule has 0 aromatic heterocycles. The van der Waals surface area contributed by atoms with Gasteiger partial charge in [0.15, 0.2) is 0 Å². The lowest BCUT2D eigenvalue weighted by molar-refractivity contribution is 0.0601. The van der Waals surface area contributed by atoms with Crippen molar-refractivity contribution in [1.29, 1.82) is 0 Å². The van der Waals surface area contributed by atoms with Crippen LogP contribution in [-0.2, 0) is 4.74 Å². The van der Waals surface area contributed by atoms with Crippen LogP contribution in [0.4, 0.5) is 0 Å². The number of rotatable bonds is 3. The minimum absolute atomic E-state index is 0.328. The molecule has 4 heteroatoms. The van der Waals surface area contributed by atoms with Crippen molar-refractivity contribution >= 4 is 12.2 Å². The first-order valence-corrected chi connectivity index (χ1v) is 4.53. The summed E-state index contributed by atoms with van der Waals surface area (Å²) in [6, 6.07) is 7.06. The highest BCUT2D eigenvalue weighted by molar-refractivity contribution is 5.90.